The van der Waals surface area contributed by atoms with Gasteiger partial charge in [-0.3, -0.25) is 14.4 Å². The van der Waals surface area contributed by atoms with Gasteiger partial charge in [0.05, 0.1) is 0 Å². The monoisotopic (exact) mass is 857 g/mol. The fourth-order valence-corrected chi connectivity index (χ4v) is 7.57. The largest absolute Gasteiger partial charge is 0.462 e. The molecular formula is C55H100O6. The fraction of sp³-hybridized carbons (Fsp3) is 0.836. The summed E-state index contributed by atoms with van der Waals surface area (Å²) in [5, 5.41) is 0. The van der Waals surface area contributed by atoms with Crippen LogP contribution in [0.4, 0.5) is 0 Å². The number of carbonyl (C=O) groups excluding carboxylic acids is 3. The van der Waals surface area contributed by atoms with Crippen molar-refractivity contribution in [3.63, 3.8) is 0 Å². The first kappa shape index (κ1) is 58.6. The first-order valence-corrected chi connectivity index (χ1v) is 26.5. The highest BCUT2D eigenvalue weighted by molar-refractivity contribution is 5.71. The summed E-state index contributed by atoms with van der Waals surface area (Å²) < 4.78 is 16.8. The lowest BCUT2D eigenvalue weighted by Crippen LogP contribution is -2.30. The second-order valence-corrected chi connectivity index (χ2v) is 17.8. The van der Waals surface area contributed by atoms with Crippen molar-refractivity contribution in [2.45, 2.75) is 284 Å². The number of ether oxygens (including phenoxy) is 3. The Balaban J connectivity index is 4.30. The molecule has 0 fully saturated rings. The molecule has 0 aromatic rings. The molecule has 0 aliphatic carbocycles. The van der Waals surface area contributed by atoms with Crippen molar-refractivity contribution in [1.82, 2.24) is 0 Å². The molecule has 0 spiro atoms. The zero-order chi connectivity index (χ0) is 44.4. The van der Waals surface area contributed by atoms with E-state index in [0.717, 1.165) is 77.0 Å². The number of hydrogen-bond acceptors (Lipinski definition) is 6. The molecule has 1 atom stereocenters. The van der Waals surface area contributed by atoms with E-state index in [2.05, 4.69) is 57.2 Å². The summed E-state index contributed by atoms with van der Waals surface area (Å²) in [6, 6.07) is 0. The molecule has 0 aromatic carbocycles. The third kappa shape index (κ3) is 48.5. The normalized spacial score (nSPS) is 12.2. The maximum Gasteiger partial charge on any atom is 0.306 e. The van der Waals surface area contributed by atoms with E-state index in [1.54, 1.807) is 0 Å². The summed E-state index contributed by atoms with van der Waals surface area (Å²) >= 11 is 0. The Hall–Kier alpha value is -2.37. The van der Waals surface area contributed by atoms with Crippen LogP contribution in [0, 0.1) is 0 Å². The van der Waals surface area contributed by atoms with E-state index in [-0.39, 0.29) is 31.1 Å². The summed E-state index contributed by atoms with van der Waals surface area (Å²) in [5.41, 5.74) is 0. The number of esters is 3. The van der Waals surface area contributed by atoms with Gasteiger partial charge < -0.3 is 14.2 Å². The summed E-state index contributed by atoms with van der Waals surface area (Å²) in [6.45, 7) is 6.59. The first-order chi connectivity index (χ1) is 30.0. The smallest absolute Gasteiger partial charge is 0.306 e. The molecule has 0 rings (SSSR count). The molecule has 0 saturated carbocycles. The van der Waals surface area contributed by atoms with Gasteiger partial charge in [-0.25, -0.2) is 0 Å². The van der Waals surface area contributed by atoms with Gasteiger partial charge in [-0.15, -0.1) is 0 Å². The molecule has 0 unspecified atom stereocenters. The van der Waals surface area contributed by atoms with E-state index in [4.69, 9.17) is 14.2 Å². The van der Waals surface area contributed by atoms with Crippen LogP contribution < -0.4 is 0 Å². The fourth-order valence-electron chi connectivity index (χ4n) is 7.57. The highest BCUT2D eigenvalue weighted by Gasteiger charge is 2.19. The van der Waals surface area contributed by atoms with Gasteiger partial charge in [-0.1, -0.05) is 224 Å². The van der Waals surface area contributed by atoms with Crippen molar-refractivity contribution < 1.29 is 28.6 Å². The Morgan fingerprint density at radius 2 is 0.607 bits per heavy atom. The predicted molar refractivity (Wildman–Crippen MR) is 261 cm³/mol. The first-order valence-electron chi connectivity index (χ1n) is 26.5. The van der Waals surface area contributed by atoms with Crippen LogP contribution in [0.5, 0.6) is 0 Å². The number of hydrogen-bond donors (Lipinski definition) is 0. The number of unbranched alkanes of at least 4 members (excludes halogenated alkanes) is 31. The lowest BCUT2D eigenvalue weighted by atomic mass is 10.0. The van der Waals surface area contributed by atoms with Gasteiger partial charge in [0.2, 0.25) is 0 Å². The Morgan fingerprint density at radius 1 is 0.328 bits per heavy atom. The molecule has 61 heavy (non-hydrogen) atoms. The molecule has 0 amide bonds. The molecule has 6 heteroatoms. The van der Waals surface area contributed by atoms with Crippen LogP contribution in [0.15, 0.2) is 36.5 Å². The molecule has 0 heterocycles. The summed E-state index contributed by atoms with van der Waals surface area (Å²) in [4.78, 5) is 37.9. The number of carbonyl (C=O) groups is 3. The third-order valence-corrected chi connectivity index (χ3v) is 11.6. The standard InChI is InChI=1S/C55H100O6/c1-4-7-10-13-16-19-22-24-25-26-27-28-29-31-34-36-39-42-45-48-54(57)60-51-52(61-55(58)49-46-43-40-37-32-21-18-15-12-9-6-3)50-59-53(56)47-44-41-38-35-33-30-23-20-17-14-11-8-5-2/h15-16,18-19,24-25,52H,4-14,17,20-23,26-51H2,1-3H3/b18-15-,19-16-,25-24-/t52-/m0/s1. The van der Waals surface area contributed by atoms with Gasteiger partial charge >= 0.3 is 17.9 Å². The average molecular weight is 857 g/mol. The minimum absolute atomic E-state index is 0.0738. The van der Waals surface area contributed by atoms with E-state index >= 15 is 0 Å². The van der Waals surface area contributed by atoms with Crippen LogP contribution in [0.3, 0.4) is 0 Å². The van der Waals surface area contributed by atoms with Gasteiger partial charge in [-0.05, 0) is 70.6 Å². The van der Waals surface area contributed by atoms with Crippen LogP contribution in [0.2, 0.25) is 0 Å². The maximum absolute atomic E-state index is 12.8. The molecule has 0 radical (unpaired) electrons. The number of allylic oxidation sites excluding steroid dienone is 6. The van der Waals surface area contributed by atoms with Crippen LogP contribution >= 0.6 is 0 Å². The van der Waals surface area contributed by atoms with E-state index in [0.29, 0.717) is 19.3 Å². The minimum Gasteiger partial charge on any atom is -0.462 e. The quantitative estimate of drug-likeness (QED) is 0.0262. The maximum atomic E-state index is 12.8. The third-order valence-electron chi connectivity index (χ3n) is 11.6. The molecule has 0 aliphatic heterocycles. The summed E-state index contributed by atoms with van der Waals surface area (Å²) in [7, 11) is 0. The second kappa shape index (κ2) is 50.3. The van der Waals surface area contributed by atoms with Gasteiger partial charge in [0, 0.05) is 19.3 Å². The summed E-state index contributed by atoms with van der Waals surface area (Å²) in [6.07, 6.45) is 58.4. The SMILES string of the molecule is CCCC/C=C\CCCCCCCC(=O)O[C@H](COC(=O)CCCCCCCCCCC/C=C\C/C=C\CCCCC)COC(=O)CCCCCCCCCCCCCCC. The molecule has 0 saturated heterocycles. The molecule has 6 nitrogen and oxygen atoms in total. The zero-order valence-electron chi connectivity index (χ0n) is 40.7. The van der Waals surface area contributed by atoms with E-state index < -0.39 is 6.10 Å². The Kier molecular flexibility index (Phi) is 48.3. The molecular weight excluding hydrogens is 757 g/mol. The zero-order valence-corrected chi connectivity index (χ0v) is 40.7. The second-order valence-electron chi connectivity index (χ2n) is 17.8. The Morgan fingerprint density at radius 3 is 1.00 bits per heavy atom. The molecule has 356 valence electrons. The number of rotatable bonds is 48. The molecule has 0 aliphatic rings. The lowest BCUT2D eigenvalue weighted by Gasteiger charge is -2.18. The van der Waals surface area contributed by atoms with E-state index in [9.17, 15) is 14.4 Å². The van der Waals surface area contributed by atoms with Crippen LogP contribution in [-0.4, -0.2) is 37.2 Å². The van der Waals surface area contributed by atoms with Crippen molar-refractivity contribution >= 4 is 17.9 Å². The topological polar surface area (TPSA) is 78.9 Å². The van der Waals surface area contributed by atoms with Gasteiger partial charge in [0.15, 0.2) is 6.10 Å². The van der Waals surface area contributed by atoms with Gasteiger partial charge in [-0.2, -0.15) is 0 Å². The molecule has 0 bridgehead atoms. The molecule has 0 aromatic heterocycles. The highest BCUT2D eigenvalue weighted by atomic mass is 16.6. The van der Waals surface area contributed by atoms with Gasteiger partial charge in [0.25, 0.3) is 0 Å². The Bertz CT molecular complexity index is 1030. The van der Waals surface area contributed by atoms with Crippen molar-refractivity contribution in [3.05, 3.63) is 36.5 Å². The van der Waals surface area contributed by atoms with Crippen LogP contribution in [0.25, 0.3) is 0 Å². The van der Waals surface area contributed by atoms with Gasteiger partial charge in [0.1, 0.15) is 13.2 Å². The molecule has 0 N–H and O–H groups in total. The summed E-state index contributed by atoms with van der Waals surface area (Å²) in [5.74, 6) is -0.878. The highest BCUT2D eigenvalue weighted by Crippen LogP contribution is 2.15. The Labute approximate surface area is 378 Å². The average Bonchev–Trinajstić information content (AvgIpc) is 3.26. The lowest BCUT2D eigenvalue weighted by molar-refractivity contribution is -0.167. The van der Waals surface area contributed by atoms with Crippen molar-refractivity contribution in [2.75, 3.05) is 13.2 Å². The predicted octanol–water partition coefficient (Wildman–Crippen LogP) is 17.3. The van der Waals surface area contributed by atoms with Crippen molar-refractivity contribution in [2.24, 2.45) is 0 Å². The van der Waals surface area contributed by atoms with E-state index in [1.807, 2.05) is 0 Å². The van der Waals surface area contributed by atoms with Crippen molar-refractivity contribution in [3.8, 4) is 0 Å². The van der Waals surface area contributed by atoms with Crippen molar-refractivity contribution in [1.29, 1.82) is 0 Å². The van der Waals surface area contributed by atoms with Crippen LogP contribution in [0.1, 0.15) is 278 Å². The van der Waals surface area contributed by atoms with Crippen LogP contribution in [-0.2, 0) is 28.6 Å². The minimum atomic E-state index is -0.773. The van der Waals surface area contributed by atoms with E-state index in [1.165, 1.54) is 161 Å².